The zero-order chi connectivity index (χ0) is 37.2. The largest absolute Gasteiger partial charge is 0.308 e. The molecule has 0 unspecified atom stereocenters. The average Bonchev–Trinajstić information content (AvgIpc) is 3.93. The van der Waals surface area contributed by atoms with E-state index in [4.69, 9.17) is 0 Å². The summed E-state index contributed by atoms with van der Waals surface area (Å²) in [4.78, 5) is 2.54. The van der Waals surface area contributed by atoms with E-state index in [9.17, 15) is 0 Å². The molecule has 0 bridgehead atoms. The zero-order valence-electron chi connectivity index (χ0n) is 30.9. The van der Waals surface area contributed by atoms with Crippen molar-refractivity contribution in [1.82, 2.24) is 8.97 Å². The highest BCUT2D eigenvalue weighted by molar-refractivity contribution is 6.28. The molecule has 0 aliphatic rings. The molecule has 3 nitrogen and oxygen atoms in total. The Morgan fingerprint density at radius 1 is 0.298 bits per heavy atom. The smallest absolute Gasteiger partial charge is 0.0782 e. The number of benzene rings is 10. The third-order valence-corrected chi connectivity index (χ3v) is 12.4. The van der Waals surface area contributed by atoms with Gasteiger partial charge in [-0.05, 0) is 86.9 Å². The van der Waals surface area contributed by atoms with Crippen molar-refractivity contribution >= 4 is 109 Å². The maximum atomic E-state index is 2.54. The molecule has 0 spiro atoms. The first-order chi connectivity index (χ1) is 28.3. The Morgan fingerprint density at radius 3 is 1.53 bits per heavy atom. The summed E-state index contributed by atoms with van der Waals surface area (Å²) in [6.07, 6.45) is 0. The second kappa shape index (κ2) is 11.5. The minimum atomic E-state index is 1.11. The summed E-state index contributed by atoms with van der Waals surface area (Å²) in [6.45, 7) is 0. The van der Waals surface area contributed by atoms with Crippen molar-refractivity contribution in [3.8, 4) is 5.69 Å². The van der Waals surface area contributed by atoms with Crippen molar-refractivity contribution in [2.45, 2.75) is 0 Å². The van der Waals surface area contributed by atoms with Crippen LogP contribution in [0.5, 0.6) is 0 Å². The average molecular weight is 724 g/mol. The van der Waals surface area contributed by atoms with Crippen molar-refractivity contribution < 1.29 is 0 Å². The van der Waals surface area contributed by atoms with Gasteiger partial charge in [-0.3, -0.25) is 0 Å². The number of anilines is 3. The summed E-state index contributed by atoms with van der Waals surface area (Å²) < 4.78 is 4.94. The second-order valence-corrected chi connectivity index (χ2v) is 15.2. The lowest BCUT2D eigenvalue weighted by Crippen LogP contribution is -2.12. The molecule has 13 aromatic rings. The van der Waals surface area contributed by atoms with Crippen molar-refractivity contribution in [3.63, 3.8) is 0 Å². The standard InChI is InChI=1S/C54H33N3/c1-2-15-34(16-3-1)56-47-26-10-8-22-42(47)44-24-13-30-51(54(44)56)55(35-31-32-40-38-19-5-4-17-36(38)37-18-6-7-20-39(37)46(40)33-35)49-28-14-29-50-52(49)45-25-12-23-43-41-21-9-11-27-48(41)57(50)53(43)45/h1-33H. The maximum absolute atomic E-state index is 2.54. The summed E-state index contributed by atoms with van der Waals surface area (Å²) >= 11 is 0. The van der Waals surface area contributed by atoms with Gasteiger partial charge in [-0.15, -0.1) is 0 Å². The fourth-order valence-corrected chi connectivity index (χ4v) is 10.1. The van der Waals surface area contributed by atoms with E-state index in [-0.39, 0.29) is 0 Å². The van der Waals surface area contributed by atoms with Crippen LogP contribution in [0.4, 0.5) is 17.1 Å². The normalized spacial score (nSPS) is 12.2. The Morgan fingerprint density at radius 2 is 0.789 bits per heavy atom. The first-order valence-electron chi connectivity index (χ1n) is 19.7. The number of hydrogen-bond donors (Lipinski definition) is 0. The fraction of sp³-hybridized carbons (Fsp3) is 0. The minimum absolute atomic E-state index is 1.11. The quantitative estimate of drug-likeness (QED) is 0.165. The van der Waals surface area contributed by atoms with Gasteiger partial charge in [0.25, 0.3) is 0 Å². The van der Waals surface area contributed by atoms with Crippen LogP contribution < -0.4 is 4.90 Å². The molecule has 3 aromatic heterocycles. The first kappa shape index (κ1) is 30.7. The SMILES string of the molecule is c1ccc(-n2c3ccccc3c3cccc(N(c4ccc5c6ccccc6c6ccccc6c5c4)c4cccc5c4c4cccc6c7ccccc7n5c64)c32)cc1. The van der Waals surface area contributed by atoms with Crippen molar-refractivity contribution in [2.24, 2.45) is 0 Å². The summed E-state index contributed by atoms with van der Waals surface area (Å²) in [6, 6.07) is 73.8. The van der Waals surface area contributed by atoms with E-state index in [1.807, 2.05) is 0 Å². The van der Waals surface area contributed by atoms with Crippen molar-refractivity contribution in [3.05, 3.63) is 200 Å². The van der Waals surface area contributed by atoms with Gasteiger partial charge >= 0.3 is 0 Å². The van der Waals surface area contributed by atoms with Gasteiger partial charge in [0.05, 0.1) is 39.0 Å². The molecule has 0 saturated heterocycles. The lowest BCUT2D eigenvalue weighted by molar-refractivity contribution is 1.17. The molecule has 0 radical (unpaired) electrons. The zero-order valence-corrected chi connectivity index (χ0v) is 30.9. The molecular weight excluding hydrogens is 691 g/mol. The molecular formula is C54H33N3. The Bertz CT molecular complexity index is 3720. The summed E-state index contributed by atoms with van der Waals surface area (Å²) in [5, 5.41) is 15.1. The van der Waals surface area contributed by atoms with Gasteiger partial charge in [-0.1, -0.05) is 146 Å². The number of nitrogens with zero attached hydrogens (tertiary/aromatic N) is 3. The van der Waals surface area contributed by atoms with Crippen LogP contribution in [-0.2, 0) is 0 Å². The number of rotatable bonds is 4. The highest BCUT2D eigenvalue weighted by Gasteiger charge is 2.26. The third kappa shape index (κ3) is 4.10. The molecule has 0 aliphatic heterocycles. The minimum Gasteiger partial charge on any atom is -0.308 e. The van der Waals surface area contributed by atoms with E-state index in [1.165, 1.54) is 92.2 Å². The molecule has 0 atom stereocenters. The lowest BCUT2D eigenvalue weighted by Gasteiger charge is -2.28. The summed E-state index contributed by atoms with van der Waals surface area (Å²) in [7, 11) is 0. The van der Waals surface area contributed by atoms with Crippen molar-refractivity contribution in [1.29, 1.82) is 0 Å². The second-order valence-electron chi connectivity index (χ2n) is 15.2. The molecule has 0 saturated carbocycles. The van der Waals surface area contributed by atoms with Crippen LogP contribution in [0.25, 0.3) is 97.9 Å². The van der Waals surface area contributed by atoms with Gasteiger partial charge in [0, 0.05) is 43.7 Å². The van der Waals surface area contributed by atoms with Gasteiger partial charge in [0.15, 0.2) is 0 Å². The van der Waals surface area contributed by atoms with Gasteiger partial charge in [0.2, 0.25) is 0 Å². The van der Waals surface area contributed by atoms with Gasteiger partial charge in [-0.2, -0.15) is 0 Å². The summed E-state index contributed by atoms with van der Waals surface area (Å²) in [5.41, 5.74) is 10.6. The van der Waals surface area contributed by atoms with Gasteiger partial charge < -0.3 is 13.9 Å². The van der Waals surface area contributed by atoms with E-state index in [0.29, 0.717) is 0 Å². The predicted molar refractivity (Wildman–Crippen MR) is 243 cm³/mol. The molecule has 3 heterocycles. The molecule has 0 aliphatic carbocycles. The number of hydrogen-bond acceptors (Lipinski definition) is 1. The number of fused-ring (bicyclic) bond motifs is 15. The highest BCUT2D eigenvalue weighted by Crippen LogP contribution is 2.49. The molecule has 13 rings (SSSR count). The molecule has 10 aromatic carbocycles. The fourth-order valence-electron chi connectivity index (χ4n) is 10.1. The van der Waals surface area contributed by atoms with Crippen LogP contribution in [0.15, 0.2) is 200 Å². The Balaban J connectivity index is 1.21. The van der Waals surface area contributed by atoms with Crippen LogP contribution in [0.3, 0.4) is 0 Å². The van der Waals surface area contributed by atoms with Crippen LogP contribution in [0.1, 0.15) is 0 Å². The van der Waals surface area contributed by atoms with Crippen molar-refractivity contribution in [2.75, 3.05) is 4.90 Å². The van der Waals surface area contributed by atoms with Crippen LogP contribution in [0, 0.1) is 0 Å². The predicted octanol–water partition coefficient (Wildman–Crippen LogP) is 14.9. The Labute approximate surface area is 327 Å². The molecule has 0 amide bonds. The molecule has 0 fully saturated rings. The Hall–Kier alpha value is -7.62. The maximum Gasteiger partial charge on any atom is 0.0782 e. The van der Waals surface area contributed by atoms with E-state index < -0.39 is 0 Å². The summed E-state index contributed by atoms with van der Waals surface area (Å²) in [5.74, 6) is 0. The van der Waals surface area contributed by atoms with Crippen LogP contribution in [-0.4, -0.2) is 8.97 Å². The van der Waals surface area contributed by atoms with E-state index in [0.717, 1.165) is 22.7 Å². The van der Waals surface area contributed by atoms with Gasteiger partial charge in [-0.25, -0.2) is 0 Å². The van der Waals surface area contributed by atoms with Crippen LogP contribution >= 0.6 is 0 Å². The number of para-hydroxylation sites is 5. The third-order valence-electron chi connectivity index (χ3n) is 12.4. The van der Waals surface area contributed by atoms with E-state index in [1.54, 1.807) is 0 Å². The number of aromatic nitrogens is 2. The highest BCUT2D eigenvalue weighted by atomic mass is 15.2. The topological polar surface area (TPSA) is 12.6 Å². The van der Waals surface area contributed by atoms with Crippen LogP contribution in [0.2, 0.25) is 0 Å². The Kier molecular flexibility index (Phi) is 6.16. The first-order valence-corrected chi connectivity index (χ1v) is 19.7. The molecule has 264 valence electrons. The lowest BCUT2D eigenvalue weighted by atomic mass is 9.94. The monoisotopic (exact) mass is 723 g/mol. The molecule has 3 heteroatoms. The molecule has 57 heavy (non-hydrogen) atoms. The molecule has 0 N–H and O–H groups in total. The van der Waals surface area contributed by atoms with Gasteiger partial charge in [0.1, 0.15) is 0 Å². The van der Waals surface area contributed by atoms with E-state index in [2.05, 4.69) is 214 Å². The van der Waals surface area contributed by atoms with E-state index >= 15 is 0 Å².